The van der Waals surface area contributed by atoms with E-state index in [0.29, 0.717) is 6.04 Å². The van der Waals surface area contributed by atoms with Gasteiger partial charge in [0.05, 0.1) is 11.9 Å². The summed E-state index contributed by atoms with van der Waals surface area (Å²) < 4.78 is 2.09. The van der Waals surface area contributed by atoms with Crippen LogP contribution in [0.1, 0.15) is 30.5 Å². The van der Waals surface area contributed by atoms with Crippen molar-refractivity contribution in [2.45, 2.75) is 38.6 Å². The molecule has 1 fully saturated rings. The van der Waals surface area contributed by atoms with Gasteiger partial charge in [-0.25, -0.2) is 4.68 Å². The molecule has 0 radical (unpaired) electrons. The average molecular weight is 255 g/mol. The van der Waals surface area contributed by atoms with E-state index in [1.54, 1.807) is 0 Å². The number of nitrogens with zero attached hydrogens (tertiary/aromatic N) is 2. The molecule has 2 heterocycles. The summed E-state index contributed by atoms with van der Waals surface area (Å²) in [6.07, 6.45) is 6.98. The number of hydrogen-bond acceptors (Lipinski definition) is 2. The second-order valence-corrected chi connectivity index (χ2v) is 5.37. The standard InChI is InChI=1S/C16H21N3/c1-13-12-18-19(15-8-3-2-4-9-15)16(13)11-14-7-5-6-10-17-14/h2-4,8-9,12,14,17H,5-7,10-11H2,1H3. The summed E-state index contributed by atoms with van der Waals surface area (Å²) in [5.41, 5.74) is 3.78. The maximum absolute atomic E-state index is 4.54. The van der Waals surface area contributed by atoms with Gasteiger partial charge in [-0.15, -0.1) is 0 Å². The number of piperidine rings is 1. The van der Waals surface area contributed by atoms with Crippen molar-refractivity contribution in [2.75, 3.05) is 6.54 Å². The molecule has 3 rings (SSSR count). The molecule has 100 valence electrons. The molecule has 19 heavy (non-hydrogen) atoms. The van der Waals surface area contributed by atoms with E-state index >= 15 is 0 Å². The van der Waals surface area contributed by atoms with E-state index in [1.807, 2.05) is 12.3 Å². The third kappa shape index (κ3) is 2.71. The van der Waals surface area contributed by atoms with Gasteiger partial charge in [0, 0.05) is 18.2 Å². The smallest absolute Gasteiger partial charge is 0.0648 e. The Kier molecular flexibility index (Phi) is 3.65. The van der Waals surface area contributed by atoms with Crippen molar-refractivity contribution < 1.29 is 0 Å². The highest BCUT2D eigenvalue weighted by atomic mass is 15.3. The molecule has 1 atom stereocenters. The zero-order valence-corrected chi connectivity index (χ0v) is 11.5. The highest BCUT2D eigenvalue weighted by Gasteiger charge is 2.17. The Morgan fingerprint density at radius 3 is 2.84 bits per heavy atom. The molecule has 2 aromatic rings. The van der Waals surface area contributed by atoms with Gasteiger partial charge in [0.2, 0.25) is 0 Å². The van der Waals surface area contributed by atoms with Gasteiger partial charge in [0.1, 0.15) is 0 Å². The number of aromatic nitrogens is 2. The number of benzene rings is 1. The second kappa shape index (κ2) is 5.57. The predicted octanol–water partition coefficient (Wildman–Crippen LogP) is 2.87. The van der Waals surface area contributed by atoms with Crippen LogP contribution in [0.2, 0.25) is 0 Å². The molecule has 0 spiro atoms. The van der Waals surface area contributed by atoms with E-state index in [9.17, 15) is 0 Å². The summed E-state index contributed by atoms with van der Waals surface area (Å²) in [4.78, 5) is 0. The van der Waals surface area contributed by atoms with E-state index in [2.05, 4.69) is 46.3 Å². The number of aryl methyl sites for hydroxylation is 1. The van der Waals surface area contributed by atoms with Crippen molar-refractivity contribution in [3.8, 4) is 5.69 Å². The molecular weight excluding hydrogens is 234 g/mol. The van der Waals surface area contributed by atoms with Crippen molar-refractivity contribution in [1.82, 2.24) is 15.1 Å². The Balaban J connectivity index is 1.86. The van der Waals surface area contributed by atoms with Crippen LogP contribution in [0, 0.1) is 6.92 Å². The monoisotopic (exact) mass is 255 g/mol. The Bertz CT molecular complexity index is 524. The van der Waals surface area contributed by atoms with Gasteiger partial charge >= 0.3 is 0 Å². The molecule has 0 amide bonds. The lowest BCUT2D eigenvalue weighted by Gasteiger charge is -2.24. The molecule has 1 saturated heterocycles. The third-order valence-corrected chi connectivity index (χ3v) is 3.93. The first-order chi connectivity index (χ1) is 9.34. The molecule has 1 aromatic heterocycles. The van der Waals surface area contributed by atoms with Crippen molar-refractivity contribution in [3.63, 3.8) is 0 Å². The summed E-state index contributed by atoms with van der Waals surface area (Å²) in [6, 6.07) is 11.0. The van der Waals surface area contributed by atoms with E-state index in [0.717, 1.165) is 18.7 Å². The lowest BCUT2D eigenvalue weighted by Crippen LogP contribution is -2.36. The van der Waals surface area contributed by atoms with Gasteiger partial charge in [-0.1, -0.05) is 24.6 Å². The molecule has 1 aliphatic rings. The predicted molar refractivity (Wildman–Crippen MR) is 77.6 cm³/mol. The maximum atomic E-state index is 4.54. The quantitative estimate of drug-likeness (QED) is 0.914. The molecule has 1 aliphatic heterocycles. The van der Waals surface area contributed by atoms with Crippen molar-refractivity contribution >= 4 is 0 Å². The zero-order chi connectivity index (χ0) is 13.1. The van der Waals surface area contributed by atoms with Gasteiger partial charge < -0.3 is 5.32 Å². The van der Waals surface area contributed by atoms with Crippen LogP contribution in [-0.2, 0) is 6.42 Å². The van der Waals surface area contributed by atoms with E-state index in [-0.39, 0.29) is 0 Å². The van der Waals surface area contributed by atoms with Gasteiger partial charge in [0.25, 0.3) is 0 Å². The minimum atomic E-state index is 0.603. The van der Waals surface area contributed by atoms with Crippen LogP contribution in [-0.4, -0.2) is 22.4 Å². The summed E-state index contributed by atoms with van der Waals surface area (Å²) in [6.45, 7) is 3.31. The minimum Gasteiger partial charge on any atom is -0.314 e. The highest BCUT2D eigenvalue weighted by Crippen LogP contribution is 2.19. The highest BCUT2D eigenvalue weighted by molar-refractivity contribution is 5.34. The number of nitrogens with one attached hydrogen (secondary N) is 1. The molecule has 1 N–H and O–H groups in total. The van der Waals surface area contributed by atoms with Crippen LogP contribution in [0.3, 0.4) is 0 Å². The Morgan fingerprint density at radius 1 is 1.26 bits per heavy atom. The first-order valence-corrected chi connectivity index (χ1v) is 7.17. The normalized spacial score (nSPS) is 19.5. The van der Waals surface area contributed by atoms with Crippen LogP contribution < -0.4 is 5.32 Å². The van der Waals surface area contributed by atoms with Crippen molar-refractivity contribution in [3.05, 3.63) is 47.8 Å². The summed E-state index contributed by atoms with van der Waals surface area (Å²) in [5, 5.41) is 8.16. The molecule has 3 heteroatoms. The van der Waals surface area contributed by atoms with E-state index in [4.69, 9.17) is 0 Å². The van der Waals surface area contributed by atoms with Crippen LogP contribution in [0.15, 0.2) is 36.5 Å². The fourth-order valence-electron chi connectivity index (χ4n) is 2.83. The molecule has 0 bridgehead atoms. The largest absolute Gasteiger partial charge is 0.314 e. The van der Waals surface area contributed by atoms with Crippen molar-refractivity contribution in [1.29, 1.82) is 0 Å². The Hall–Kier alpha value is -1.61. The molecular formula is C16H21N3. The zero-order valence-electron chi connectivity index (χ0n) is 11.5. The first kappa shape index (κ1) is 12.4. The SMILES string of the molecule is Cc1cnn(-c2ccccc2)c1CC1CCCCN1. The Labute approximate surface area is 114 Å². The van der Waals surface area contributed by atoms with Crippen LogP contribution in [0.25, 0.3) is 5.69 Å². The van der Waals surface area contributed by atoms with Gasteiger partial charge in [-0.05, 0) is 44.0 Å². The van der Waals surface area contributed by atoms with Gasteiger partial charge in [0.15, 0.2) is 0 Å². The molecule has 3 nitrogen and oxygen atoms in total. The second-order valence-electron chi connectivity index (χ2n) is 5.37. The number of rotatable bonds is 3. The third-order valence-electron chi connectivity index (χ3n) is 3.93. The molecule has 0 aliphatic carbocycles. The van der Waals surface area contributed by atoms with Crippen LogP contribution >= 0.6 is 0 Å². The van der Waals surface area contributed by atoms with E-state index in [1.165, 1.54) is 30.5 Å². The lowest BCUT2D eigenvalue weighted by atomic mass is 9.99. The number of para-hydroxylation sites is 1. The summed E-state index contributed by atoms with van der Waals surface area (Å²) in [5.74, 6) is 0. The van der Waals surface area contributed by atoms with Crippen LogP contribution in [0.4, 0.5) is 0 Å². The topological polar surface area (TPSA) is 29.9 Å². The fraction of sp³-hybridized carbons (Fsp3) is 0.438. The summed E-state index contributed by atoms with van der Waals surface area (Å²) in [7, 11) is 0. The molecule has 0 saturated carbocycles. The van der Waals surface area contributed by atoms with Crippen molar-refractivity contribution in [2.24, 2.45) is 0 Å². The van der Waals surface area contributed by atoms with Gasteiger partial charge in [-0.3, -0.25) is 0 Å². The maximum Gasteiger partial charge on any atom is 0.0648 e. The Morgan fingerprint density at radius 2 is 2.11 bits per heavy atom. The first-order valence-electron chi connectivity index (χ1n) is 7.17. The summed E-state index contributed by atoms with van der Waals surface area (Å²) >= 11 is 0. The number of hydrogen-bond donors (Lipinski definition) is 1. The van der Waals surface area contributed by atoms with E-state index < -0.39 is 0 Å². The lowest BCUT2D eigenvalue weighted by molar-refractivity contribution is 0.394. The fourth-order valence-corrected chi connectivity index (χ4v) is 2.83. The van der Waals surface area contributed by atoms with Crippen LogP contribution in [0.5, 0.6) is 0 Å². The van der Waals surface area contributed by atoms with Gasteiger partial charge in [-0.2, -0.15) is 5.10 Å². The molecule has 1 aromatic carbocycles. The molecule has 1 unspecified atom stereocenters. The average Bonchev–Trinajstić information content (AvgIpc) is 2.82. The minimum absolute atomic E-state index is 0.603.